The van der Waals surface area contributed by atoms with Crippen molar-refractivity contribution in [2.75, 3.05) is 6.61 Å². The standard InChI is InChI=1S/C14H20O5.C13H18O6/c1-2-10-11(15)12(16)13(17)14(19-10)18-8-9-6-4-3-5-7-9;14-6-9-10(15)11(16)12(17)13(19-9)18-7-8-4-2-1-3-5-8/h3-7,10-17H,2,8H2,1H3;1-5,9-17H,6-7H2/t10?,11-,12?,13+,14-;9?,10-,11?,12+,13-/m11/s1. The Bertz CT molecular complexity index is 838. The van der Waals surface area contributed by atoms with Crippen molar-refractivity contribution in [1.29, 1.82) is 0 Å². The molecule has 0 aromatic heterocycles. The van der Waals surface area contributed by atoms with Crippen molar-refractivity contribution in [1.82, 2.24) is 0 Å². The van der Waals surface area contributed by atoms with Crippen LogP contribution in [-0.4, -0.2) is 104 Å². The molecule has 11 nitrogen and oxygen atoms in total. The second kappa shape index (κ2) is 15.0. The lowest BCUT2D eigenvalue weighted by Crippen LogP contribution is -2.59. The second-order valence-corrected chi connectivity index (χ2v) is 9.21. The van der Waals surface area contributed by atoms with Gasteiger partial charge in [-0.3, -0.25) is 0 Å². The predicted molar refractivity (Wildman–Crippen MR) is 133 cm³/mol. The number of benzene rings is 2. The molecule has 0 spiro atoms. The van der Waals surface area contributed by atoms with Crippen LogP contribution in [0, 0.1) is 0 Å². The lowest BCUT2D eigenvalue weighted by atomic mass is 9.97. The molecule has 0 amide bonds. The van der Waals surface area contributed by atoms with Gasteiger partial charge in [-0.1, -0.05) is 67.6 Å². The van der Waals surface area contributed by atoms with Crippen molar-refractivity contribution < 1.29 is 54.7 Å². The summed E-state index contributed by atoms with van der Waals surface area (Å²) < 4.78 is 21.6. The summed E-state index contributed by atoms with van der Waals surface area (Å²) in [5.74, 6) is 0. The molecule has 2 heterocycles. The van der Waals surface area contributed by atoms with Gasteiger partial charge in [-0.2, -0.15) is 0 Å². The van der Waals surface area contributed by atoms with Gasteiger partial charge in [0.2, 0.25) is 0 Å². The molecule has 10 atom stereocenters. The summed E-state index contributed by atoms with van der Waals surface area (Å²) in [6.45, 7) is 1.86. The first kappa shape index (κ1) is 30.5. The van der Waals surface area contributed by atoms with Gasteiger partial charge in [-0.05, 0) is 17.5 Å². The number of ether oxygens (including phenoxy) is 4. The Hall–Kier alpha value is -2.00. The lowest BCUT2D eigenvalue weighted by molar-refractivity contribution is -0.304. The van der Waals surface area contributed by atoms with Crippen molar-refractivity contribution >= 4 is 0 Å². The number of aliphatic hydroxyl groups is 7. The molecule has 7 N–H and O–H groups in total. The Kier molecular flexibility index (Phi) is 12.0. The van der Waals surface area contributed by atoms with Gasteiger partial charge in [0, 0.05) is 0 Å². The minimum absolute atomic E-state index is 0.198. The average Bonchev–Trinajstić information content (AvgIpc) is 2.95. The zero-order chi connectivity index (χ0) is 27.7. The first-order valence-electron chi connectivity index (χ1n) is 12.6. The quantitative estimate of drug-likeness (QED) is 0.229. The van der Waals surface area contributed by atoms with E-state index in [4.69, 9.17) is 24.1 Å². The monoisotopic (exact) mass is 538 g/mol. The molecular formula is C27H38O11. The molecule has 212 valence electrons. The number of hydrogen-bond donors (Lipinski definition) is 7. The normalized spacial score (nSPS) is 35.3. The van der Waals surface area contributed by atoms with Crippen LogP contribution in [0.1, 0.15) is 24.5 Å². The largest absolute Gasteiger partial charge is 0.394 e. The third-order valence-electron chi connectivity index (χ3n) is 6.43. The van der Waals surface area contributed by atoms with Gasteiger partial charge < -0.3 is 54.7 Å². The maximum atomic E-state index is 9.84. The Balaban J connectivity index is 0.000000211. The predicted octanol–water partition coefficient (Wildman–Crippen LogP) is -0.576. The van der Waals surface area contributed by atoms with Crippen LogP contribution in [0.15, 0.2) is 60.7 Å². The molecule has 4 unspecified atom stereocenters. The smallest absolute Gasteiger partial charge is 0.187 e. The highest BCUT2D eigenvalue weighted by Crippen LogP contribution is 2.25. The fraction of sp³-hybridized carbons (Fsp3) is 0.556. The molecule has 2 aromatic rings. The van der Waals surface area contributed by atoms with Crippen LogP contribution in [-0.2, 0) is 32.2 Å². The molecule has 0 radical (unpaired) electrons. The van der Waals surface area contributed by atoms with Crippen molar-refractivity contribution in [3.8, 4) is 0 Å². The van der Waals surface area contributed by atoms with Gasteiger partial charge in [0.1, 0.15) is 42.7 Å². The van der Waals surface area contributed by atoms with Crippen LogP contribution in [0.4, 0.5) is 0 Å². The Morgan fingerprint density at radius 1 is 0.579 bits per heavy atom. The molecule has 38 heavy (non-hydrogen) atoms. The van der Waals surface area contributed by atoms with Gasteiger partial charge >= 0.3 is 0 Å². The van der Waals surface area contributed by atoms with E-state index in [2.05, 4.69) is 0 Å². The van der Waals surface area contributed by atoms with Gasteiger partial charge in [-0.15, -0.1) is 0 Å². The number of hydrogen-bond acceptors (Lipinski definition) is 11. The maximum absolute atomic E-state index is 9.84. The van der Waals surface area contributed by atoms with E-state index in [-0.39, 0.29) is 13.2 Å². The molecule has 4 rings (SSSR count). The summed E-state index contributed by atoms with van der Waals surface area (Å²) in [7, 11) is 0. The van der Waals surface area contributed by atoms with Crippen LogP contribution in [0.3, 0.4) is 0 Å². The third kappa shape index (κ3) is 8.01. The fourth-order valence-corrected chi connectivity index (χ4v) is 4.10. The van der Waals surface area contributed by atoms with Gasteiger partial charge in [0.25, 0.3) is 0 Å². The average molecular weight is 539 g/mol. The highest BCUT2D eigenvalue weighted by Gasteiger charge is 2.44. The molecule has 0 aliphatic carbocycles. The van der Waals surface area contributed by atoms with Crippen molar-refractivity contribution in [2.24, 2.45) is 0 Å². The molecule has 2 aliphatic rings. The van der Waals surface area contributed by atoms with Crippen LogP contribution in [0.5, 0.6) is 0 Å². The molecule has 11 heteroatoms. The third-order valence-corrected chi connectivity index (χ3v) is 6.43. The maximum Gasteiger partial charge on any atom is 0.187 e. The highest BCUT2D eigenvalue weighted by atomic mass is 16.7. The molecule has 2 fully saturated rings. The van der Waals surface area contributed by atoms with Crippen LogP contribution < -0.4 is 0 Å². The molecule has 2 saturated heterocycles. The summed E-state index contributed by atoms with van der Waals surface area (Å²) in [5, 5.41) is 67.3. The minimum atomic E-state index is -1.41. The minimum Gasteiger partial charge on any atom is -0.394 e. The lowest BCUT2D eigenvalue weighted by Gasteiger charge is -2.40. The van der Waals surface area contributed by atoms with Gasteiger partial charge in [-0.25, -0.2) is 0 Å². The summed E-state index contributed by atoms with van der Waals surface area (Å²) in [6, 6.07) is 18.8. The summed E-state index contributed by atoms with van der Waals surface area (Å²) in [6.07, 6.45) is -10.7. The van der Waals surface area contributed by atoms with Gasteiger partial charge in [0.15, 0.2) is 12.6 Å². The number of aliphatic hydroxyl groups excluding tert-OH is 7. The Morgan fingerprint density at radius 2 is 0.974 bits per heavy atom. The van der Waals surface area contributed by atoms with Crippen LogP contribution in [0.25, 0.3) is 0 Å². The topological polar surface area (TPSA) is 179 Å². The molecule has 0 saturated carbocycles. The van der Waals surface area contributed by atoms with E-state index < -0.39 is 68.0 Å². The van der Waals surface area contributed by atoms with Crippen molar-refractivity contribution in [2.45, 2.75) is 88.0 Å². The Labute approximate surface area is 221 Å². The SMILES string of the molecule is CCC1O[C@@H](OCc2ccccc2)[C@@H](O)C(O)[C@@H]1O.OCC1O[C@@H](OCc2ccccc2)[C@@H](O)C(O)[C@@H]1O. The summed E-state index contributed by atoms with van der Waals surface area (Å²) >= 11 is 0. The molecule has 2 aliphatic heterocycles. The van der Waals surface area contributed by atoms with Crippen molar-refractivity contribution in [3.63, 3.8) is 0 Å². The van der Waals surface area contributed by atoms with E-state index in [9.17, 15) is 30.6 Å². The molecule has 2 aromatic carbocycles. The second-order valence-electron chi connectivity index (χ2n) is 9.21. The first-order valence-corrected chi connectivity index (χ1v) is 12.6. The van der Waals surface area contributed by atoms with E-state index in [1.165, 1.54) is 0 Å². The highest BCUT2D eigenvalue weighted by molar-refractivity contribution is 5.14. The molecule has 0 bridgehead atoms. The zero-order valence-corrected chi connectivity index (χ0v) is 21.1. The van der Waals surface area contributed by atoms with E-state index in [1.807, 2.05) is 67.6 Å². The van der Waals surface area contributed by atoms with Crippen LogP contribution >= 0.6 is 0 Å². The first-order chi connectivity index (χ1) is 18.3. The van der Waals surface area contributed by atoms with E-state index in [1.54, 1.807) is 0 Å². The fourth-order valence-electron chi connectivity index (χ4n) is 4.10. The summed E-state index contributed by atoms with van der Waals surface area (Å²) in [5.41, 5.74) is 1.84. The van der Waals surface area contributed by atoms with E-state index in [0.29, 0.717) is 6.42 Å². The number of rotatable bonds is 8. The van der Waals surface area contributed by atoms with E-state index in [0.717, 1.165) is 11.1 Å². The van der Waals surface area contributed by atoms with E-state index >= 15 is 0 Å². The van der Waals surface area contributed by atoms with Crippen molar-refractivity contribution in [3.05, 3.63) is 71.8 Å². The summed E-state index contributed by atoms with van der Waals surface area (Å²) in [4.78, 5) is 0. The van der Waals surface area contributed by atoms with Gasteiger partial charge in [0.05, 0.1) is 25.9 Å². The zero-order valence-electron chi connectivity index (χ0n) is 21.1. The van der Waals surface area contributed by atoms with Crippen LogP contribution in [0.2, 0.25) is 0 Å². The molecular weight excluding hydrogens is 500 g/mol. The Morgan fingerprint density at radius 3 is 1.37 bits per heavy atom.